The number of nitro groups is 1. The minimum Gasteiger partial charge on any atom is -0.403 e. The highest BCUT2D eigenvalue weighted by molar-refractivity contribution is 6.99. The zero-order chi connectivity index (χ0) is 23.9. The maximum absolute atomic E-state index is 11.3. The predicted octanol–water partition coefficient (Wildman–Crippen LogP) is 4.39. The molecule has 0 atom stereocenters. The number of terminal acetylenes is 1. The van der Waals surface area contributed by atoms with E-state index < -0.39 is 8.32 Å². The molecule has 0 radical (unpaired) electrons. The molecule has 0 aliphatic carbocycles. The van der Waals surface area contributed by atoms with Gasteiger partial charge < -0.3 is 9.74 Å². The van der Waals surface area contributed by atoms with Crippen molar-refractivity contribution in [2.45, 2.75) is 39.0 Å². The normalized spacial score (nSPS) is 11.7. The van der Waals surface area contributed by atoms with Gasteiger partial charge in [0, 0.05) is 18.7 Å². The lowest BCUT2D eigenvalue weighted by Crippen LogP contribution is -2.66. The van der Waals surface area contributed by atoms with E-state index in [2.05, 4.69) is 80.5 Å². The summed E-state index contributed by atoms with van der Waals surface area (Å²) in [6.07, 6.45) is 5.36. The first-order valence-corrected chi connectivity index (χ1v) is 12.9. The number of nitrogens with one attached hydrogen (secondary N) is 1. The van der Waals surface area contributed by atoms with Gasteiger partial charge in [0.25, 0.3) is 14.0 Å². The summed E-state index contributed by atoms with van der Waals surface area (Å²) < 4.78 is 7.00. The monoisotopic (exact) mass is 458 g/mol. The molecule has 0 aliphatic rings. The summed E-state index contributed by atoms with van der Waals surface area (Å²) in [6, 6.07) is 25.8. The minimum atomic E-state index is -2.72. The number of nitro benzene ring substituents is 1. The Bertz CT molecular complexity index is 1080. The van der Waals surface area contributed by atoms with E-state index in [-0.39, 0.29) is 15.6 Å². The Morgan fingerprint density at radius 3 is 2.03 bits per heavy atom. The van der Waals surface area contributed by atoms with Crippen LogP contribution in [-0.4, -0.2) is 19.8 Å². The third kappa shape index (κ3) is 5.40. The van der Waals surface area contributed by atoms with Gasteiger partial charge in [-0.2, -0.15) is 0 Å². The first-order valence-electron chi connectivity index (χ1n) is 10.9. The molecule has 6 heteroatoms. The van der Waals surface area contributed by atoms with Crippen LogP contribution >= 0.6 is 0 Å². The number of non-ortho nitro benzene ring substituents is 1. The van der Waals surface area contributed by atoms with Crippen LogP contribution in [0.2, 0.25) is 5.04 Å². The molecule has 0 fully saturated rings. The smallest absolute Gasteiger partial charge is 0.269 e. The second kappa shape index (κ2) is 10.6. The molecule has 3 aromatic rings. The number of hydrogen-bond acceptors (Lipinski definition) is 4. The van der Waals surface area contributed by atoms with Gasteiger partial charge in [0.2, 0.25) is 0 Å². The van der Waals surface area contributed by atoms with Crippen LogP contribution in [0.15, 0.2) is 78.9 Å². The van der Waals surface area contributed by atoms with Crippen LogP contribution < -0.4 is 15.7 Å². The van der Waals surface area contributed by atoms with Crippen molar-refractivity contribution in [2.75, 3.05) is 6.54 Å². The van der Waals surface area contributed by atoms with Crippen LogP contribution in [0, 0.1) is 22.5 Å². The Morgan fingerprint density at radius 2 is 1.55 bits per heavy atom. The summed E-state index contributed by atoms with van der Waals surface area (Å²) in [5.41, 5.74) is 1.79. The molecule has 0 amide bonds. The summed E-state index contributed by atoms with van der Waals surface area (Å²) in [7, 11) is -2.72. The van der Waals surface area contributed by atoms with Gasteiger partial charge in [-0.25, -0.2) is 0 Å². The summed E-state index contributed by atoms with van der Waals surface area (Å²) in [6.45, 7) is 7.85. The Balaban J connectivity index is 2.07. The molecule has 0 aliphatic heterocycles. The molecule has 0 spiro atoms. The minimum absolute atomic E-state index is 0.0571. The van der Waals surface area contributed by atoms with Crippen molar-refractivity contribution in [2.24, 2.45) is 0 Å². The van der Waals surface area contributed by atoms with Gasteiger partial charge in [-0.15, -0.1) is 6.42 Å². The highest BCUT2D eigenvalue weighted by Crippen LogP contribution is 2.37. The molecule has 0 unspecified atom stereocenters. The summed E-state index contributed by atoms with van der Waals surface area (Å²) in [5, 5.41) is 16.7. The maximum atomic E-state index is 11.3. The molecule has 0 aromatic heterocycles. The van der Waals surface area contributed by atoms with Crippen LogP contribution in [0.1, 0.15) is 31.9 Å². The Kier molecular flexibility index (Phi) is 7.82. The van der Waals surface area contributed by atoms with Crippen molar-refractivity contribution < 1.29 is 9.35 Å². The van der Waals surface area contributed by atoms with Gasteiger partial charge in [0.15, 0.2) is 0 Å². The lowest BCUT2D eigenvalue weighted by Gasteiger charge is -2.43. The number of rotatable bonds is 9. The van der Waals surface area contributed by atoms with Crippen molar-refractivity contribution >= 4 is 24.4 Å². The van der Waals surface area contributed by atoms with Crippen LogP contribution in [-0.2, 0) is 17.6 Å². The average Bonchev–Trinajstić information content (AvgIpc) is 2.80. The lowest BCUT2D eigenvalue weighted by molar-refractivity contribution is -0.384. The lowest BCUT2D eigenvalue weighted by atomic mass is 10.1. The van der Waals surface area contributed by atoms with Crippen LogP contribution in [0.4, 0.5) is 5.69 Å². The molecular weight excluding hydrogens is 428 g/mol. The van der Waals surface area contributed by atoms with Crippen LogP contribution in [0.3, 0.4) is 0 Å². The van der Waals surface area contributed by atoms with Gasteiger partial charge >= 0.3 is 0 Å². The molecule has 0 heterocycles. The average molecular weight is 459 g/mol. The Labute approximate surface area is 197 Å². The summed E-state index contributed by atoms with van der Waals surface area (Å²) in [5.74, 6) is 2.54. The fraction of sp³-hybridized carbons (Fsp3) is 0.259. The van der Waals surface area contributed by atoms with E-state index in [1.807, 2.05) is 12.1 Å². The molecule has 170 valence electrons. The van der Waals surface area contributed by atoms with E-state index in [4.69, 9.17) is 10.8 Å². The van der Waals surface area contributed by atoms with Crippen molar-refractivity contribution in [3.8, 4) is 12.3 Å². The fourth-order valence-corrected chi connectivity index (χ4v) is 8.78. The molecule has 3 aromatic carbocycles. The molecule has 0 saturated heterocycles. The first kappa shape index (κ1) is 24.4. The largest absolute Gasteiger partial charge is 0.403 e. The van der Waals surface area contributed by atoms with E-state index in [1.165, 1.54) is 16.4 Å². The van der Waals surface area contributed by atoms with Gasteiger partial charge in [-0.05, 0) is 32.6 Å². The third-order valence-corrected chi connectivity index (χ3v) is 10.8. The predicted molar refractivity (Wildman–Crippen MR) is 136 cm³/mol. The highest BCUT2D eigenvalue weighted by atomic mass is 28.4. The zero-order valence-electron chi connectivity index (χ0n) is 19.4. The second-order valence-corrected chi connectivity index (χ2v) is 13.3. The van der Waals surface area contributed by atoms with Crippen molar-refractivity contribution in [3.63, 3.8) is 0 Å². The molecule has 5 nitrogen and oxygen atoms in total. The second-order valence-electron chi connectivity index (χ2n) is 8.97. The third-order valence-electron chi connectivity index (χ3n) is 5.80. The Hall–Kier alpha value is -3.24. The number of hydrogen-bond donors (Lipinski definition) is 1. The van der Waals surface area contributed by atoms with Gasteiger partial charge in [0.1, 0.15) is 0 Å². The molecule has 1 N–H and O–H groups in total. The van der Waals surface area contributed by atoms with Crippen molar-refractivity contribution in [1.29, 1.82) is 0 Å². The molecule has 3 rings (SSSR count). The van der Waals surface area contributed by atoms with Crippen LogP contribution in [0.5, 0.6) is 0 Å². The molecule has 33 heavy (non-hydrogen) atoms. The highest BCUT2D eigenvalue weighted by Gasteiger charge is 2.50. The van der Waals surface area contributed by atoms with Crippen LogP contribution in [0.25, 0.3) is 0 Å². The van der Waals surface area contributed by atoms with E-state index in [9.17, 15) is 10.1 Å². The molecule has 0 bridgehead atoms. The topological polar surface area (TPSA) is 64.4 Å². The maximum Gasteiger partial charge on any atom is 0.269 e. The molecular formula is C27H30N2O3Si. The standard InChI is InChI=1S/C27H30N2O3Si/c1-5-18-28-20-23-19-24(29(30)31)17-16-22(23)21-32-33(27(2,3)4,25-12-8-6-9-13-25)26-14-10-7-11-15-26/h1,6-17,19,28H,18,20-21H2,2-4H3. The van der Waals surface area contributed by atoms with Gasteiger partial charge in [-0.3, -0.25) is 10.1 Å². The van der Waals surface area contributed by atoms with Crippen molar-refractivity contribution in [1.82, 2.24) is 5.32 Å². The summed E-state index contributed by atoms with van der Waals surface area (Å²) >= 11 is 0. The molecule has 0 saturated carbocycles. The number of nitrogens with zero attached hydrogens (tertiary/aromatic N) is 1. The van der Waals surface area contributed by atoms with Gasteiger partial charge in [-0.1, -0.05) is 87.4 Å². The van der Waals surface area contributed by atoms with Gasteiger partial charge in [0.05, 0.1) is 18.1 Å². The SMILES string of the molecule is C#CCNCc1cc([N+](=O)[O-])ccc1CO[Si](c1ccccc1)(c1ccccc1)C(C)(C)C. The summed E-state index contributed by atoms with van der Waals surface area (Å²) in [4.78, 5) is 11.0. The fourth-order valence-electron chi connectivity index (χ4n) is 4.25. The first-order chi connectivity index (χ1) is 15.8. The quantitative estimate of drug-likeness (QED) is 0.170. The van der Waals surface area contributed by atoms with E-state index >= 15 is 0 Å². The van der Waals surface area contributed by atoms with E-state index in [1.54, 1.807) is 12.1 Å². The Morgan fingerprint density at radius 1 is 0.970 bits per heavy atom. The van der Waals surface area contributed by atoms with Crippen molar-refractivity contribution in [3.05, 3.63) is 100 Å². The number of benzene rings is 3. The zero-order valence-corrected chi connectivity index (χ0v) is 20.4. The van der Waals surface area contributed by atoms with E-state index in [0.29, 0.717) is 19.7 Å². The van der Waals surface area contributed by atoms with E-state index in [0.717, 1.165) is 11.1 Å².